The first-order valence-corrected chi connectivity index (χ1v) is 15.5. The molecule has 0 spiro atoms. The summed E-state index contributed by atoms with van der Waals surface area (Å²) in [7, 11) is -3.39. The number of ether oxygens (including phenoxy) is 2. The highest BCUT2D eigenvalue weighted by Gasteiger charge is 2.24. The number of sulfone groups is 1. The van der Waals surface area contributed by atoms with Gasteiger partial charge in [0.1, 0.15) is 22.0 Å². The van der Waals surface area contributed by atoms with Crippen molar-refractivity contribution in [1.82, 2.24) is 5.32 Å². The van der Waals surface area contributed by atoms with E-state index in [1.807, 2.05) is 63.2 Å². The molecular weight excluding hydrogens is 538 g/mol. The van der Waals surface area contributed by atoms with Crippen LogP contribution in [0.5, 0.6) is 0 Å². The first kappa shape index (κ1) is 30.5. The van der Waals surface area contributed by atoms with Gasteiger partial charge >= 0.3 is 5.97 Å². The minimum absolute atomic E-state index is 0.227. The van der Waals surface area contributed by atoms with Gasteiger partial charge in [-0.25, -0.2) is 13.2 Å². The highest BCUT2D eigenvalue weighted by atomic mass is 32.2. The lowest BCUT2D eigenvalue weighted by atomic mass is 9.93. The monoisotopic (exact) mass is 573 g/mol. The normalized spacial score (nSPS) is 13.1. The van der Waals surface area contributed by atoms with Crippen LogP contribution in [-0.4, -0.2) is 56.7 Å². The van der Waals surface area contributed by atoms with Crippen molar-refractivity contribution in [1.29, 1.82) is 0 Å². The van der Waals surface area contributed by atoms with Crippen LogP contribution in [-0.2, 0) is 30.7 Å². The van der Waals surface area contributed by atoms with E-state index in [0.717, 1.165) is 27.8 Å². The number of nitrogens with one attached hydrogen (secondary N) is 1. The molecule has 0 radical (unpaired) electrons. The van der Waals surface area contributed by atoms with E-state index in [1.165, 1.54) is 4.88 Å². The van der Waals surface area contributed by atoms with Gasteiger partial charge in [-0.3, -0.25) is 4.79 Å². The summed E-state index contributed by atoms with van der Waals surface area (Å²) >= 11 is 1.66. The molecule has 0 saturated carbocycles. The molecule has 0 aliphatic rings. The van der Waals surface area contributed by atoms with Gasteiger partial charge in [0.25, 0.3) is 5.91 Å². The Bertz CT molecular complexity index is 1400. The molecule has 2 atom stereocenters. The van der Waals surface area contributed by atoms with E-state index < -0.39 is 27.8 Å². The zero-order chi connectivity index (χ0) is 28.6. The maximum atomic E-state index is 13.3. The fraction of sp³-hybridized carbons (Fsp3) is 0.379. The van der Waals surface area contributed by atoms with E-state index in [2.05, 4.69) is 5.32 Å². The summed E-state index contributed by atoms with van der Waals surface area (Å²) in [4.78, 5) is 27.3. The first-order chi connectivity index (χ1) is 18.5. The molecule has 0 bridgehead atoms. The van der Waals surface area contributed by atoms with Crippen molar-refractivity contribution in [3.05, 3.63) is 81.0 Å². The Hall–Kier alpha value is -3.05. The number of thiophene rings is 1. The lowest BCUT2D eigenvalue weighted by Gasteiger charge is -2.19. The molecule has 1 heterocycles. The fourth-order valence-electron chi connectivity index (χ4n) is 4.06. The lowest BCUT2D eigenvalue weighted by Crippen LogP contribution is -2.42. The maximum Gasteiger partial charge on any atom is 0.326 e. The molecule has 39 heavy (non-hydrogen) atoms. The molecule has 210 valence electrons. The number of aryl methyl sites for hydroxylation is 2. The van der Waals surface area contributed by atoms with Gasteiger partial charge in [0.2, 0.25) is 0 Å². The molecule has 0 fully saturated rings. The number of carboxylic acid groups (broad SMARTS) is 1. The summed E-state index contributed by atoms with van der Waals surface area (Å²) in [5.41, 5.74) is 3.53. The van der Waals surface area contributed by atoms with Crippen LogP contribution in [0.2, 0.25) is 0 Å². The molecule has 2 aromatic carbocycles. The Balaban J connectivity index is 1.90. The van der Waals surface area contributed by atoms with Crippen molar-refractivity contribution >= 4 is 33.1 Å². The number of hydrogen-bond donors (Lipinski definition) is 2. The number of aliphatic carboxylic acids is 1. The van der Waals surface area contributed by atoms with Crippen LogP contribution in [0.25, 0.3) is 11.1 Å². The molecule has 3 aromatic rings. The molecule has 10 heteroatoms. The van der Waals surface area contributed by atoms with Gasteiger partial charge in [-0.1, -0.05) is 30.3 Å². The summed E-state index contributed by atoms with van der Waals surface area (Å²) < 4.78 is 35.0. The number of hydrogen-bond acceptors (Lipinski definition) is 7. The van der Waals surface area contributed by atoms with Gasteiger partial charge in [0.15, 0.2) is 0 Å². The second-order valence-corrected chi connectivity index (χ2v) is 13.0. The van der Waals surface area contributed by atoms with Gasteiger partial charge in [0.05, 0.1) is 19.0 Å². The molecular formula is C29H35NO7S2. The Morgan fingerprint density at radius 2 is 1.79 bits per heavy atom. The highest BCUT2D eigenvalue weighted by Crippen LogP contribution is 2.31. The number of rotatable bonds is 14. The number of carbonyl (C=O) groups excluding carboxylic acids is 1. The second kappa shape index (κ2) is 13.8. The van der Waals surface area contributed by atoms with E-state index in [-0.39, 0.29) is 24.9 Å². The smallest absolute Gasteiger partial charge is 0.326 e. The Kier molecular flexibility index (Phi) is 10.8. The highest BCUT2D eigenvalue weighted by molar-refractivity contribution is 7.90. The van der Waals surface area contributed by atoms with E-state index in [9.17, 15) is 23.1 Å². The molecule has 2 unspecified atom stereocenters. The molecule has 0 aliphatic heterocycles. The van der Waals surface area contributed by atoms with Gasteiger partial charge < -0.3 is 19.9 Å². The van der Waals surface area contributed by atoms with Crippen LogP contribution in [0.15, 0.2) is 54.6 Å². The SMILES string of the molecule is CCOCC(OCc1ccc(C(=O)NC(CCS(C)(=O)=O)C(=O)O)c(-c2ccccc2C)c1)c1ccc(C)s1. The number of carboxylic acids is 1. The third-order valence-electron chi connectivity index (χ3n) is 6.15. The molecule has 0 saturated heterocycles. The number of benzene rings is 2. The Morgan fingerprint density at radius 3 is 2.41 bits per heavy atom. The van der Waals surface area contributed by atoms with Gasteiger partial charge in [-0.05, 0) is 73.7 Å². The van der Waals surface area contributed by atoms with E-state index in [1.54, 1.807) is 23.5 Å². The van der Waals surface area contributed by atoms with Crippen molar-refractivity contribution in [2.75, 3.05) is 25.2 Å². The zero-order valence-corrected chi connectivity index (χ0v) is 24.2. The third kappa shape index (κ3) is 8.99. The number of carbonyl (C=O) groups is 2. The van der Waals surface area contributed by atoms with Crippen LogP contribution in [0.4, 0.5) is 0 Å². The average Bonchev–Trinajstić information content (AvgIpc) is 3.31. The van der Waals surface area contributed by atoms with Crippen molar-refractivity contribution in [3.63, 3.8) is 0 Å². The lowest BCUT2D eigenvalue weighted by molar-refractivity contribution is -0.139. The molecule has 1 amide bonds. The van der Waals surface area contributed by atoms with E-state index in [4.69, 9.17) is 9.47 Å². The van der Waals surface area contributed by atoms with Crippen molar-refractivity contribution in [3.8, 4) is 11.1 Å². The predicted molar refractivity (Wildman–Crippen MR) is 153 cm³/mol. The molecule has 0 aliphatic carbocycles. The average molecular weight is 574 g/mol. The Labute approximate surface area is 233 Å². The summed E-state index contributed by atoms with van der Waals surface area (Å²) in [6.45, 7) is 7.19. The van der Waals surface area contributed by atoms with Gasteiger partial charge in [-0.15, -0.1) is 11.3 Å². The largest absolute Gasteiger partial charge is 0.480 e. The summed E-state index contributed by atoms with van der Waals surface area (Å²) in [5, 5.41) is 12.1. The van der Waals surface area contributed by atoms with Crippen LogP contribution in [0.3, 0.4) is 0 Å². The first-order valence-electron chi connectivity index (χ1n) is 12.6. The van der Waals surface area contributed by atoms with Crippen molar-refractivity contribution < 1.29 is 32.6 Å². The minimum Gasteiger partial charge on any atom is -0.480 e. The summed E-state index contributed by atoms with van der Waals surface area (Å²) in [6.07, 6.45) is 0.567. The van der Waals surface area contributed by atoms with E-state index >= 15 is 0 Å². The number of amides is 1. The Morgan fingerprint density at radius 1 is 1.05 bits per heavy atom. The third-order valence-corrected chi connectivity index (χ3v) is 8.22. The minimum atomic E-state index is -3.39. The summed E-state index contributed by atoms with van der Waals surface area (Å²) in [5.74, 6) is -2.23. The summed E-state index contributed by atoms with van der Waals surface area (Å²) in [6, 6.07) is 15.7. The molecule has 3 rings (SSSR count). The van der Waals surface area contributed by atoms with Crippen LogP contribution in [0, 0.1) is 13.8 Å². The van der Waals surface area contributed by atoms with Crippen LogP contribution < -0.4 is 5.32 Å². The molecule has 8 nitrogen and oxygen atoms in total. The molecule has 1 aromatic heterocycles. The molecule has 2 N–H and O–H groups in total. The van der Waals surface area contributed by atoms with Crippen molar-refractivity contribution in [2.45, 2.75) is 45.9 Å². The van der Waals surface area contributed by atoms with E-state index in [0.29, 0.717) is 24.3 Å². The second-order valence-electron chi connectivity index (χ2n) is 9.39. The van der Waals surface area contributed by atoms with Gasteiger partial charge in [-0.2, -0.15) is 0 Å². The maximum absolute atomic E-state index is 13.3. The topological polar surface area (TPSA) is 119 Å². The zero-order valence-electron chi connectivity index (χ0n) is 22.6. The standard InChI is InChI=1S/C29H35NO7S2/c1-5-36-18-26(27-13-10-20(3)38-27)37-17-21-11-12-23(24(16-21)22-9-7-6-8-19(22)2)28(31)30-25(29(32)33)14-15-39(4,34)35/h6-13,16,25-26H,5,14-15,17-18H2,1-4H3,(H,30,31)(H,32,33). The van der Waals surface area contributed by atoms with Crippen LogP contribution in [0.1, 0.15) is 50.7 Å². The predicted octanol–water partition coefficient (Wildman–Crippen LogP) is 4.94. The van der Waals surface area contributed by atoms with Crippen molar-refractivity contribution in [2.24, 2.45) is 0 Å². The fourth-order valence-corrected chi connectivity index (χ4v) is 5.64. The van der Waals surface area contributed by atoms with Crippen LogP contribution >= 0.6 is 11.3 Å². The quantitative estimate of drug-likeness (QED) is 0.280. The van der Waals surface area contributed by atoms with Gasteiger partial charge in [0, 0.05) is 28.2 Å².